The molecule has 0 saturated heterocycles. The fourth-order valence-corrected chi connectivity index (χ4v) is 1.98. The summed E-state index contributed by atoms with van der Waals surface area (Å²) in [5.74, 6) is 0.0534. The van der Waals surface area contributed by atoms with Crippen molar-refractivity contribution < 1.29 is 14.1 Å². The molecular weight excluding hydrogens is 284 g/mol. The number of nitro benzene ring substituents is 1. The third kappa shape index (κ3) is 2.65. The first-order valence-corrected chi connectivity index (χ1v) is 6.08. The molecule has 0 aliphatic heterocycles. The van der Waals surface area contributed by atoms with Gasteiger partial charge in [0.15, 0.2) is 0 Å². The maximum absolute atomic E-state index is 12.2. The molecule has 1 heterocycles. The summed E-state index contributed by atoms with van der Waals surface area (Å²) in [6, 6.07) is 3.85. The number of non-ortho nitro benzene ring substituents is 1. The Morgan fingerprint density at radius 3 is 2.65 bits per heavy atom. The van der Waals surface area contributed by atoms with E-state index < -0.39 is 10.8 Å². The van der Waals surface area contributed by atoms with Gasteiger partial charge in [-0.25, -0.2) is 0 Å². The molecule has 0 atom stereocenters. The summed E-state index contributed by atoms with van der Waals surface area (Å²) >= 11 is 5.93. The number of halogens is 1. The number of nitrogens with one attached hydrogen (secondary N) is 1. The van der Waals surface area contributed by atoms with Crippen molar-refractivity contribution in [3.63, 3.8) is 0 Å². The molecule has 0 saturated carbocycles. The van der Waals surface area contributed by atoms with E-state index in [9.17, 15) is 14.9 Å². The lowest BCUT2D eigenvalue weighted by Gasteiger charge is -2.07. The SMILES string of the molecule is Cc1coc(C)c1C(=O)Nc1cc([N+](=O)[O-])ccc1Cl. The van der Waals surface area contributed by atoms with E-state index in [1.54, 1.807) is 13.8 Å². The second-order valence-corrected chi connectivity index (χ2v) is 4.63. The van der Waals surface area contributed by atoms with E-state index in [2.05, 4.69) is 5.32 Å². The summed E-state index contributed by atoms with van der Waals surface area (Å²) in [6.45, 7) is 3.40. The fourth-order valence-electron chi connectivity index (χ4n) is 1.82. The van der Waals surface area contributed by atoms with E-state index in [1.165, 1.54) is 24.5 Å². The van der Waals surface area contributed by atoms with Crippen LogP contribution in [0.2, 0.25) is 5.02 Å². The van der Waals surface area contributed by atoms with Gasteiger partial charge < -0.3 is 9.73 Å². The first kappa shape index (κ1) is 14.1. The second-order valence-electron chi connectivity index (χ2n) is 4.23. The lowest BCUT2D eigenvalue weighted by atomic mass is 10.1. The highest BCUT2D eigenvalue weighted by Gasteiger charge is 2.18. The predicted molar refractivity (Wildman–Crippen MR) is 74.2 cm³/mol. The summed E-state index contributed by atoms with van der Waals surface area (Å²) in [6.07, 6.45) is 1.47. The molecule has 0 bridgehead atoms. The van der Waals surface area contributed by atoms with Crippen LogP contribution in [-0.2, 0) is 0 Å². The van der Waals surface area contributed by atoms with Crippen molar-refractivity contribution in [2.75, 3.05) is 5.32 Å². The number of carbonyl (C=O) groups is 1. The Morgan fingerprint density at radius 2 is 2.10 bits per heavy atom. The minimum absolute atomic E-state index is 0.148. The third-order valence-electron chi connectivity index (χ3n) is 2.79. The van der Waals surface area contributed by atoms with Crippen molar-refractivity contribution >= 4 is 28.9 Å². The molecule has 0 fully saturated rings. The van der Waals surface area contributed by atoms with Crippen LogP contribution >= 0.6 is 11.6 Å². The van der Waals surface area contributed by atoms with Crippen LogP contribution in [0.15, 0.2) is 28.9 Å². The van der Waals surface area contributed by atoms with Gasteiger partial charge in [-0.3, -0.25) is 14.9 Å². The quantitative estimate of drug-likeness (QED) is 0.690. The Bertz CT molecular complexity index is 674. The number of nitro groups is 1. The first-order valence-electron chi connectivity index (χ1n) is 5.70. The minimum atomic E-state index is -0.555. The van der Waals surface area contributed by atoms with Gasteiger partial charge in [0.1, 0.15) is 5.76 Å². The van der Waals surface area contributed by atoms with Crippen molar-refractivity contribution in [3.8, 4) is 0 Å². The number of hydrogen-bond donors (Lipinski definition) is 1. The van der Waals surface area contributed by atoms with Gasteiger partial charge in [0.05, 0.1) is 27.5 Å². The van der Waals surface area contributed by atoms with Crippen molar-refractivity contribution in [1.82, 2.24) is 0 Å². The van der Waals surface area contributed by atoms with Gasteiger partial charge in [0.25, 0.3) is 11.6 Å². The van der Waals surface area contributed by atoms with Gasteiger partial charge >= 0.3 is 0 Å². The van der Waals surface area contributed by atoms with E-state index in [4.69, 9.17) is 16.0 Å². The highest BCUT2D eigenvalue weighted by atomic mass is 35.5. The normalized spacial score (nSPS) is 10.3. The number of benzene rings is 1. The minimum Gasteiger partial charge on any atom is -0.469 e. The largest absolute Gasteiger partial charge is 0.469 e. The summed E-state index contributed by atoms with van der Waals surface area (Å²) < 4.78 is 5.14. The summed E-state index contributed by atoms with van der Waals surface area (Å²) in [7, 11) is 0. The number of amides is 1. The number of aryl methyl sites for hydroxylation is 2. The van der Waals surface area contributed by atoms with Crippen LogP contribution < -0.4 is 5.32 Å². The van der Waals surface area contributed by atoms with Crippen molar-refractivity contribution in [1.29, 1.82) is 0 Å². The molecule has 7 heteroatoms. The van der Waals surface area contributed by atoms with Crippen LogP contribution in [0.5, 0.6) is 0 Å². The highest BCUT2D eigenvalue weighted by Crippen LogP contribution is 2.28. The molecule has 1 amide bonds. The van der Waals surface area contributed by atoms with Crippen molar-refractivity contribution in [2.45, 2.75) is 13.8 Å². The lowest BCUT2D eigenvalue weighted by molar-refractivity contribution is -0.384. The van der Waals surface area contributed by atoms with Gasteiger partial charge in [0.2, 0.25) is 0 Å². The monoisotopic (exact) mass is 294 g/mol. The van der Waals surface area contributed by atoms with Gasteiger partial charge in [-0.15, -0.1) is 0 Å². The highest BCUT2D eigenvalue weighted by molar-refractivity contribution is 6.34. The van der Waals surface area contributed by atoms with Crippen LogP contribution in [0.4, 0.5) is 11.4 Å². The molecule has 1 aromatic heterocycles. The predicted octanol–water partition coefficient (Wildman–Crippen LogP) is 3.71. The molecule has 2 aromatic rings. The van der Waals surface area contributed by atoms with Crippen molar-refractivity contribution in [3.05, 3.63) is 56.5 Å². The van der Waals surface area contributed by atoms with Gasteiger partial charge in [-0.05, 0) is 19.9 Å². The summed E-state index contributed by atoms with van der Waals surface area (Å²) in [5, 5.41) is 13.5. The van der Waals surface area contributed by atoms with Crippen LogP contribution in [0.1, 0.15) is 21.7 Å². The van der Waals surface area contributed by atoms with Gasteiger partial charge in [0, 0.05) is 17.7 Å². The van der Waals surface area contributed by atoms with Crippen LogP contribution in [0, 0.1) is 24.0 Å². The zero-order valence-electron chi connectivity index (χ0n) is 10.8. The Labute approximate surface area is 119 Å². The van der Waals surface area contributed by atoms with Crippen LogP contribution in [0.3, 0.4) is 0 Å². The molecule has 104 valence electrons. The number of nitrogens with zero attached hydrogens (tertiary/aromatic N) is 1. The first-order chi connectivity index (χ1) is 9.40. The number of rotatable bonds is 3. The van der Waals surface area contributed by atoms with Gasteiger partial charge in [-0.2, -0.15) is 0 Å². The topological polar surface area (TPSA) is 85.4 Å². The molecule has 6 nitrogen and oxygen atoms in total. The Morgan fingerprint density at radius 1 is 1.40 bits per heavy atom. The van der Waals surface area contributed by atoms with E-state index in [0.29, 0.717) is 16.9 Å². The number of carbonyl (C=O) groups excluding carboxylic acids is 1. The second kappa shape index (κ2) is 5.34. The average Bonchev–Trinajstić information content (AvgIpc) is 2.71. The van der Waals surface area contributed by atoms with E-state index in [1.807, 2.05) is 0 Å². The molecule has 20 heavy (non-hydrogen) atoms. The van der Waals surface area contributed by atoms with Crippen LogP contribution in [0.25, 0.3) is 0 Å². The number of hydrogen-bond acceptors (Lipinski definition) is 4. The summed E-state index contributed by atoms with van der Waals surface area (Å²) in [4.78, 5) is 22.3. The number of anilines is 1. The Hall–Kier alpha value is -2.34. The van der Waals surface area contributed by atoms with Crippen LogP contribution in [-0.4, -0.2) is 10.8 Å². The molecule has 0 aliphatic rings. The Kier molecular flexibility index (Phi) is 3.76. The smallest absolute Gasteiger partial charge is 0.271 e. The molecule has 1 N–H and O–H groups in total. The lowest BCUT2D eigenvalue weighted by Crippen LogP contribution is -2.13. The maximum atomic E-state index is 12.2. The zero-order chi connectivity index (χ0) is 14.9. The summed E-state index contributed by atoms with van der Waals surface area (Å²) in [5.41, 5.74) is 1.12. The zero-order valence-corrected chi connectivity index (χ0v) is 11.5. The van der Waals surface area contributed by atoms with Crippen molar-refractivity contribution in [2.24, 2.45) is 0 Å². The molecule has 2 rings (SSSR count). The van der Waals surface area contributed by atoms with Gasteiger partial charge in [-0.1, -0.05) is 11.6 Å². The van der Waals surface area contributed by atoms with E-state index in [-0.39, 0.29) is 16.4 Å². The number of furan rings is 1. The molecule has 0 aliphatic carbocycles. The standard InChI is InChI=1S/C13H11ClN2O4/c1-7-6-20-8(2)12(7)13(17)15-11-5-9(16(18)19)3-4-10(11)14/h3-6H,1-2H3,(H,15,17). The molecule has 0 spiro atoms. The molecule has 0 unspecified atom stereocenters. The van der Waals surface area contributed by atoms with E-state index >= 15 is 0 Å². The van der Waals surface area contributed by atoms with E-state index in [0.717, 1.165) is 0 Å². The fraction of sp³-hybridized carbons (Fsp3) is 0.154. The Balaban J connectivity index is 2.33. The molecule has 1 aromatic carbocycles. The molecule has 0 radical (unpaired) electrons. The third-order valence-corrected chi connectivity index (χ3v) is 3.12. The average molecular weight is 295 g/mol. The molecular formula is C13H11ClN2O4. The maximum Gasteiger partial charge on any atom is 0.271 e.